The minimum Gasteiger partial charge on any atom is -0.350 e. The molecule has 9 nitrogen and oxygen atoms in total. The van der Waals surface area contributed by atoms with E-state index in [0.29, 0.717) is 19.3 Å². The monoisotopic (exact) mass is 517 g/mol. The van der Waals surface area contributed by atoms with Crippen LogP contribution in [0.2, 0.25) is 10.0 Å². The molecule has 1 unspecified atom stereocenters. The van der Waals surface area contributed by atoms with E-state index in [1.165, 1.54) is 29.2 Å². The fraction of sp³-hybridized carbons (Fsp3) is 0.524. The predicted octanol–water partition coefficient (Wildman–Crippen LogP) is 2.30. The van der Waals surface area contributed by atoms with Crippen LogP contribution in [-0.2, 0) is 14.8 Å². The summed E-state index contributed by atoms with van der Waals surface area (Å²) in [7, 11) is -4.16. The van der Waals surface area contributed by atoms with Crippen LogP contribution in [0.5, 0.6) is 0 Å². The maximum Gasteiger partial charge on any atom is 0.319 e. The highest BCUT2D eigenvalue weighted by atomic mass is 35.5. The summed E-state index contributed by atoms with van der Waals surface area (Å²) in [6, 6.07) is 3.38. The minimum atomic E-state index is -4.16. The van der Waals surface area contributed by atoms with E-state index in [2.05, 4.69) is 17.2 Å². The molecule has 1 saturated heterocycles. The lowest BCUT2D eigenvalue weighted by atomic mass is 9.92. The summed E-state index contributed by atoms with van der Waals surface area (Å²) in [4.78, 5) is 27.4. The lowest BCUT2D eigenvalue weighted by molar-refractivity contribution is -0.131. The van der Waals surface area contributed by atoms with Crippen molar-refractivity contribution in [3.8, 4) is 0 Å². The van der Waals surface area contributed by atoms with Gasteiger partial charge in [0, 0.05) is 31.7 Å². The molecule has 182 valence electrons. The third kappa shape index (κ3) is 5.99. The second-order valence-electron chi connectivity index (χ2n) is 8.21. The van der Waals surface area contributed by atoms with Crippen LogP contribution in [0.4, 0.5) is 4.79 Å². The van der Waals surface area contributed by atoms with Gasteiger partial charge in [0.2, 0.25) is 10.0 Å². The second-order valence-corrected chi connectivity index (χ2v) is 10.9. The van der Waals surface area contributed by atoms with Crippen LogP contribution >= 0.6 is 23.2 Å². The Morgan fingerprint density at radius 3 is 2.48 bits per heavy atom. The van der Waals surface area contributed by atoms with E-state index in [1.807, 2.05) is 0 Å². The zero-order valence-electron chi connectivity index (χ0n) is 18.2. The molecule has 1 aliphatic heterocycles. The lowest BCUT2D eigenvalue weighted by Gasteiger charge is -2.42. The van der Waals surface area contributed by atoms with E-state index >= 15 is 0 Å². The molecule has 2 aliphatic rings. The summed E-state index contributed by atoms with van der Waals surface area (Å²) in [6.07, 6.45) is 3.45. The van der Waals surface area contributed by atoms with Gasteiger partial charge in [-0.1, -0.05) is 29.3 Å². The molecule has 4 N–H and O–H groups in total. The van der Waals surface area contributed by atoms with Crippen LogP contribution in [-0.4, -0.2) is 67.4 Å². The quantitative estimate of drug-likeness (QED) is 0.499. The van der Waals surface area contributed by atoms with Crippen molar-refractivity contribution in [1.82, 2.24) is 19.8 Å². The highest BCUT2D eigenvalue weighted by Gasteiger charge is 2.44. The van der Waals surface area contributed by atoms with Gasteiger partial charge in [-0.25, -0.2) is 13.2 Å². The standard InChI is InChI=1S/C21H29Cl2N5O4S/c1-2-10-25-21(30)27-11-3-12-28(33(31,32)16-8-9-17(22)18(23)13-16)20(27)19(29)26-15-6-4-14(24)5-7-15/h2,8-9,13-15,20H,1,3-7,10-12,24H2,(H,25,30)(H,26,29). The molecule has 12 heteroatoms. The minimum absolute atomic E-state index is 0.0709. The molecule has 1 aromatic carbocycles. The molecular formula is C21H29Cl2N5O4S. The molecule has 1 heterocycles. The van der Waals surface area contributed by atoms with Crippen LogP contribution in [0.3, 0.4) is 0 Å². The Hall–Kier alpha value is -1.85. The number of carbonyl (C=O) groups excluding carboxylic acids is 2. The van der Waals surface area contributed by atoms with Crippen molar-refractivity contribution in [3.05, 3.63) is 40.9 Å². The molecule has 0 radical (unpaired) electrons. The Bertz CT molecular complexity index is 998. The van der Waals surface area contributed by atoms with Gasteiger partial charge in [0.1, 0.15) is 0 Å². The van der Waals surface area contributed by atoms with Gasteiger partial charge in [0.05, 0.1) is 14.9 Å². The van der Waals surface area contributed by atoms with Gasteiger partial charge in [-0.2, -0.15) is 4.31 Å². The average Bonchev–Trinajstić information content (AvgIpc) is 2.80. The first-order valence-electron chi connectivity index (χ1n) is 10.8. The topological polar surface area (TPSA) is 125 Å². The Morgan fingerprint density at radius 1 is 1.15 bits per heavy atom. The summed E-state index contributed by atoms with van der Waals surface area (Å²) >= 11 is 12.0. The molecule has 1 aromatic rings. The molecule has 1 aliphatic carbocycles. The van der Waals surface area contributed by atoms with Crippen molar-refractivity contribution in [1.29, 1.82) is 0 Å². The number of benzene rings is 1. The summed E-state index contributed by atoms with van der Waals surface area (Å²) in [5, 5.41) is 5.86. The Kier molecular flexibility index (Phi) is 8.63. The van der Waals surface area contributed by atoms with Gasteiger partial charge in [-0.15, -0.1) is 6.58 Å². The van der Waals surface area contributed by atoms with Crippen LogP contribution in [0.1, 0.15) is 32.1 Å². The van der Waals surface area contributed by atoms with Gasteiger partial charge < -0.3 is 16.4 Å². The highest BCUT2D eigenvalue weighted by Crippen LogP contribution is 2.30. The summed E-state index contributed by atoms with van der Waals surface area (Å²) in [5.41, 5.74) is 5.96. The molecule has 0 aromatic heterocycles. The number of nitrogens with zero attached hydrogens (tertiary/aromatic N) is 2. The van der Waals surface area contributed by atoms with Gasteiger partial charge in [0.15, 0.2) is 6.17 Å². The van der Waals surface area contributed by atoms with Gasteiger partial charge in [-0.05, 0) is 50.3 Å². The second kappa shape index (κ2) is 11.1. The van der Waals surface area contributed by atoms with Crippen molar-refractivity contribution < 1.29 is 18.0 Å². The van der Waals surface area contributed by atoms with E-state index in [9.17, 15) is 18.0 Å². The first-order valence-corrected chi connectivity index (χ1v) is 13.0. The summed E-state index contributed by atoms with van der Waals surface area (Å²) < 4.78 is 28.1. The number of nitrogens with one attached hydrogen (secondary N) is 2. The lowest BCUT2D eigenvalue weighted by Crippen LogP contribution is -2.65. The molecule has 1 saturated carbocycles. The number of halogens is 2. The van der Waals surface area contributed by atoms with E-state index in [4.69, 9.17) is 28.9 Å². The van der Waals surface area contributed by atoms with E-state index in [-0.39, 0.29) is 46.7 Å². The van der Waals surface area contributed by atoms with Gasteiger partial charge in [0.25, 0.3) is 5.91 Å². The van der Waals surface area contributed by atoms with E-state index in [0.717, 1.165) is 17.1 Å². The predicted molar refractivity (Wildman–Crippen MR) is 127 cm³/mol. The third-order valence-electron chi connectivity index (χ3n) is 5.85. The zero-order chi connectivity index (χ0) is 24.2. The van der Waals surface area contributed by atoms with Gasteiger partial charge in [-0.3, -0.25) is 9.69 Å². The smallest absolute Gasteiger partial charge is 0.319 e. The molecule has 0 spiro atoms. The maximum atomic E-state index is 13.5. The number of rotatable bonds is 6. The summed E-state index contributed by atoms with van der Waals surface area (Å²) in [5.74, 6) is -0.549. The molecule has 1 atom stereocenters. The first kappa shape index (κ1) is 25.8. The van der Waals surface area contributed by atoms with Crippen molar-refractivity contribution in [3.63, 3.8) is 0 Å². The van der Waals surface area contributed by atoms with Crippen LogP contribution in [0.15, 0.2) is 35.7 Å². The van der Waals surface area contributed by atoms with Gasteiger partial charge >= 0.3 is 6.03 Å². The number of sulfonamides is 1. The largest absolute Gasteiger partial charge is 0.350 e. The van der Waals surface area contributed by atoms with Crippen molar-refractivity contribution in [2.24, 2.45) is 5.73 Å². The number of urea groups is 1. The number of hydrogen-bond donors (Lipinski definition) is 3. The first-order chi connectivity index (χ1) is 15.6. The fourth-order valence-corrected chi connectivity index (χ4v) is 6.09. The molecule has 33 heavy (non-hydrogen) atoms. The molecular weight excluding hydrogens is 489 g/mol. The van der Waals surface area contributed by atoms with Crippen molar-refractivity contribution in [2.75, 3.05) is 19.6 Å². The molecule has 3 amide bonds. The number of hydrogen-bond acceptors (Lipinski definition) is 5. The Balaban J connectivity index is 1.93. The Labute approximate surface area is 204 Å². The number of carbonyl (C=O) groups is 2. The SMILES string of the molecule is C=CCNC(=O)N1CCCN(S(=O)(=O)c2ccc(Cl)c(Cl)c2)C1C(=O)NC1CCC(N)CC1. The fourth-order valence-electron chi connectivity index (χ4n) is 4.11. The molecule has 2 fully saturated rings. The van der Waals surface area contributed by atoms with Crippen LogP contribution < -0.4 is 16.4 Å². The highest BCUT2D eigenvalue weighted by molar-refractivity contribution is 7.89. The number of amides is 3. The zero-order valence-corrected chi connectivity index (χ0v) is 20.5. The van der Waals surface area contributed by atoms with E-state index < -0.39 is 28.1 Å². The average molecular weight is 518 g/mol. The van der Waals surface area contributed by atoms with Crippen LogP contribution in [0.25, 0.3) is 0 Å². The summed E-state index contributed by atoms with van der Waals surface area (Å²) in [6.45, 7) is 4.05. The van der Waals surface area contributed by atoms with Crippen molar-refractivity contribution >= 4 is 45.2 Å². The van der Waals surface area contributed by atoms with Crippen LogP contribution in [0, 0.1) is 0 Å². The normalized spacial score (nSPS) is 24.2. The van der Waals surface area contributed by atoms with Crippen molar-refractivity contribution in [2.45, 2.75) is 55.2 Å². The van der Waals surface area contributed by atoms with E-state index in [1.54, 1.807) is 0 Å². The molecule has 3 rings (SSSR count). The number of nitrogens with two attached hydrogens (primary N) is 1. The third-order valence-corrected chi connectivity index (χ3v) is 8.44. The Morgan fingerprint density at radius 2 is 1.85 bits per heavy atom. The molecule has 0 bridgehead atoms. The maximum absolute atomic E-state index is 13.5.